The van der Waals surface area contributed by atoms with Crippen LogP contribution in [0.4, 0.5) is 0 Å². The fourth-order valence-electron chi connectivity index (χ4n) is 5.04. The third kappa shape index (κ3) is 7.82. The number of hydrogen-bond acceptors (Lipinski definition) is 4. The van der Waals surface area contributed by atoms with Crippen LogP contribution in [0, 0.1) is 5.92 Å². The Bertz CT molecular complexity index is 935. The molecule has 2 amide bonds. The fourth-order valence-corrected chi connectivity index (χ4v) is 5.04. The smallest absolute Gasteiger partial charge is 0.224 e. The van der Waals surface area contributed by atoms with Crippen LogP contribution in [0.2, 0.25) is 0 Å². The third-order valence-corrected chi connectivity index (χ3v) is 7.45. The SMILES string of the molecule is COc1ccc(CC(=O)NC2CCN(CCC(NC(=O)CC3CCC3)c3ccccc3)CC2)cc1. The van der Waals surface area contributed by atoms with Gasteiger partial charge in [-0.05, 0) is 61.3 Å². The first-order valence-corrected chi connectivity index (χ1v) is 13.1. The van der Waals surface area contributed by atoms with E-state index in [1.165, 1.54) is 24.8 Å². The summed E-state index contributed by atoms with van der Waals surface area (Å²) in [6.07, 6.45) is 7.50. The Hall–Kier alpha value is -2.86. The Kier molecular flexibility index (Phi) is 9.18. The van der Waals surface area contributed by atoms with Crippen LogP contribution in [0.25, 0.3) is 0 Å². The summed E-state index contributed by atoms with van der Waals surface area (Å²) in [6, 6.07) is 18.3. The van der Waals surface area contributed by atoms with Crippen molar-refractivity contribution in [2.24, 2.45) is 5.92 Å². The highest BCUT2D eigenvalue weighted by Crippen LogP contribution is 2.29. The highest BCUT2D eigenvalue weighted by atomic mass is 16.5. The maximum Gasteiger partial charge on any atom is 0.224 e. The van der Waals surface area contributed by atoms with Gasteiger partial charge in [0.05, 0.1) is 19.6 Å². The first-order valence-electron chi connectivity index (χ1n) is 13.1. The van der Waals surface area contributed by atoms with E-state index in [2.05, 4.69) is 27.7 Å². The Labute approximate surface area is 209 Å². The Morgan fingerprint density at radius 2 is 1.69 bits per heavy atom. The zero-order chi connectivity index (χ0) is 24.5. The molecule has 6 nitrogen and oxygen atoms in total. The maximum absolute atomic E-state index is 12.6. The number of rotatable bonds is 11. The maximum atomic E-state index is 12.6. The van der Waals surface area contributed by atoms with Crippen LogP contribution in [-0.2, 0) is 16.0 Å². The lowest BCUT2D eigenvalue weighted by Crippen LogP contribution is -2.45. The van der Waals surface area contributed by atoms with Gasteiger partial charge in [0, 0.05) is 32.1 Å². The first kappa shape index (κ1) is 25.2. The molecule has 1 saturated heterocycles. The molecule has 4 rings (SSSR count). The molecule has 1 aliphatic heterocycles. The number of amides is 2. The van der Waals surface area contributed by atoms with Crippen molar-refractivity contribution in [1.29, 1.82) is 0 Å². The predicted molar refractivity (Wildman–Crippen MR) is 138 cm³/mol. The number of benzene rings is 2. The largest absolute Gasteiger partial charge is 0.497 e. The van der Waals surface area contributed by atoms with Crippen LogP contribution in [0.3, 0.4) is 0 Å². The van der Waals surface area contributed by atoms with Gasteiger partial charge >= 0.3 is 0 Å². The highest BCUT2D eigenvalue weighted by molar-refractivity contribution is 5.79. The number of likely N-dealkylation sites (tertiary alicyclic amines) is 1. The number of hydrogen-bond donors (Lipinski definition) is 2. The van der Waals surface area contributed by atoms with Crippen molar-refractivity contribution in [2.45, 2.75) is 63.5 Å². The van der Waals surface area contributed by atoms with Crippen LogP contribution < -0.4 is 15.4 Å². The van der Waals surface area contributed by atoms with E-state index in [4.69, 9.17) is 4.74 Å². The van der Waals surface area contributed by atoms with Crippen LogP contribution in [0.15, 0.2) is 54.6 Å². The molecule has 35 heavy (non-hydrogen) atoms. The third-order valence-electron chi connectivity index (χ3n) is 7.45. The average molecular weight is 478 g/mol. The number of carbonyl (C=O) groups is 2. The quantitative estimate of drug-likeness (QED) is 0.508. The first-order chi connectivity index (χ1) is 17.1. The molecule has 2 aliphatic rings. The minimum atomic E-state index is 0.0469. The normalized spacial score (nSPS) is 17.9. The van der Waals surface area contributed by atoms with Crippen LogP contribution >= 0.6 is 0 Å². The second kappa shape index (κ2) is 12.7. The van der Waals surface area contributed by atoms with E-state index in [0.717, 1.165) is 50.2 Å². The Morgan fingerprint density at radius 3 is 2.31 bits per heavy atom. The van der Waals surface area contributed by atoms with Crippen molar-refractivity contribution >= 4 is 11.8 Å². The number of piperidine rings is 1. The van der Waals surface area contributed by atoms with Gasteiger partial charge in [-0.3, -0.25) is 9.59 Å². The van der Waals surface area contributed by atoms with Gasteiger partial charge in [0.15, 0.2) is 0 Å². The number of methoxy groups -OCH3 is 1. The molecule has 2 aromatic rings. The van der Waals surface area contributed by atoms with Gasteiger partial charge in [-0.15, -0.1) is 0 Å². The highest BCUT2D eigenvalue weighted by Gasteiger charge is 2.24. The summed E-state index contributed by atoms with van der Waals surface area (Å²) in [5.41, 5.74) is 2.17. The summed E-state index contributed by atoms with van der Waals surface area (Å²) in [4.78, 5) is 27.6. The second-order valence-corrected chi connectivity index (χ2v) is 10.0. The summed E-state index contributed by atoms with van der Waals surface area (Å²) in [7, 11) is 1.64. The van der Waals surface area contributed by atoms with E-state index in [9.17, 15) is 9.59 Å². The van der Waals surface area contributed by atoms with Crippen molar-refractivity contribution < 1.29 is 14.3 Å². The Balaban J connectivity index is 1.20. The molecular weight excluding hydrogens is 438 g/mol. The van der Waals surface area contributed by atoms with Crippen LogP contribution in [-0.4, -0.2) is 49.5 Å². The second-order valence-electron chi connectivity index (χ2n) is 10.0. The van der Waals surface area contributed by atoms with E-state index in [1.54, 1.807) is 7.11 Å². The molecule has 1 atom stereocenters. The summed E-state index contributed by atoms with van der Waals surface area (Å²) < 4.78 is 5.18. The van der Waals surface area contributed by atoms with E-state index < -0.39 is 0 Å². The molecule has 1 heterocycles. The van der Waals surface area contributed by atoms with Gasteiger partial charge in [-0.1, -0.05) is 48.9 Å². The Morgan fingerprint density at radius 1 is 0.971 bits per heavy atom. The monoisotopic (exact) mass is 477 g/mol. The number of carbonyl (C=O) groups excluding carboxylic acids is 2. The lowest BCUT2D eigenvalue weighted by Gasteiger charge is -2.33. The lowest BCUT2D eigenvalue weighted by molar-refractivity contribution is -0.123. The molecule has 0 spiro atoms. The molecule has 1 aliphatic carbocycles. The fraction of sp³-hybridized carbons (Fsp3) is 0.517. The van der Waals surface area contributed by atoms with Gasteiger partial charge < -0.3 is 20.3 Å². The number of nitrogens with one attached hydrogen (secondary N) is 2. The summed E-state index contributed by atoms with van der Waals surface area (Å²) in [5.74, 6) is 1.63. The molecule has 6 heteroatoms. The molecule has 0 aromatic heterocycles. The molecule has 1 saturated carbocycles. The average Bonchev–Trinajstić information content (AvgIpc) is 2.86. The number of ether oxygens (including phenoxy) is 1. The van der Waals surface area contributed by atoms with E-state index in [1.807, 2.05) is 42.5 Å². The topological polar surface area (TPSA) is 70.7 Å². The summed E-state index contributed by atoms with van der Waals surface area (Å²) in [5, 5.41) is 6.52. The van der Waals surface area contributed by atoms with Gasteiger partial charge in [0.2, 0.25) is 11.8 Å². The van der Waals surface area contributed by atoms with Gasteiger partial charge in [-0.2, -0.15) is 0 Å². The molecule has 0 bridgehead atoms. The van der Waals surface area contributed by atoms with E-state index in [-0.39, 0.29) is 23.9 Å². The van der Waals surface area contributed by atoms with Crippen LogP contribution in [0.5, 0.6) is 5.75 Å². The molecule has 2 aromatic carbocycles. The molecule has 1 unspecified atom stereocenters. The van der Waals surface area contributed by atoms with Crippen molar-refractivity contribution in [3.8, 4) is 5.75 Å². The van der Waals surface area contributed by atoms with Crippen LogP contribution in [0.1, 0.15) is 62.1 Å². The molecule has 2 N–H and O–H groups in total. The molecule has 0 radical (unpaired) electrons. The van der Waals surface area contributed by atoms with Gasteiger partial charge in [0.1, 0.15) is 5.75 Å². The standard InChI is InChI=1S/C29H39N3O3/c1-35-26-12-10-23(11-13-26)21-28(33)30-25-14-17-32(18-15-25)19-16-27(24-8-3-2-4-9-24)31-29(34)20-22-6-5-7-22/h2-4,8-13,22,25,27H,5-7,14-21H2,1H3,(H,30,33)(H,31,34). The van der Waals surface area contributed by atoms with E-state index in [0.29, 0.717) is 18.8 Å². The van der Waals surface area contributed by atoms with Crippen molar-refractivity contribution in [2.75, 3.05) is 26.7 Å². The number of nitrogens with zero attached hydrogens (tertiary/aromatic N) is 1. The molecular formula is C29H39N3O3. The van der Waals surface area contributed by atoms with Gasteiger partial charge in [0.25, 0.3) is 0 Å². The van der Waals surface area contributed by atoms with Crippen molar-refractivity contribution in [3.05, 3.63) is 65.7 Å². The predicted octanol–water partition coefficient (Wildman–Crippen LogP) is 4.26. The summed E-state index contributed by atoms with van der Waals surface area (Å²) >= 11 is 0. The minimum Gasteiger partial charge on any atom is -0.497 e. The van der Waals surface area contributed by atoms with Crippen molar-refractivity contribution in [1.82, 2.24) is 15.5 Å². The summed E-state index contributed by atoms with van der Waals surface area (Å²) in [6.45, 7) is 2.87. The zero-order valence-electron chi connectivity index (χ0n) is 20.9. The zero-order valence-corrected chi connectivity index (χ0v) is 20.9. The lowest BCUT2D eigenvalue weighted by atomic mass is 9.83. The van der Waals surface area contributed by atoms with Crippen molar-refractivity contribution in [3.63, 3.8) is 0 Å². The van der Waals surface area contributed by atoms with Gasteiger partial charge in [-0.25, -0.2) is 0 Å². The molecule has 188 valence electrons. The van der Waals surface area contributed by atoms with E-state index >= 15 is 0 Å². The minimum absolute atomic E-state index is 0.0469. The molecule has 2 fully saturated rings.